The molecule has 0 aromatic heterocycles. The summed E-state index contributed by atoms with van der Waals surface area (Å²) in [6, 6.07) is 0. The first kappa shape index (κ1) is 34.2. The van der Waals surface area contributed by atoms with Gasteiger partial charge in [0, 0.05) is 5.41 Å². The van der Waals surface area contributed by atoms with Gasteiger partial charge in [0.05, 0.1) is 19.0 Å². The highest BCUT2D eigenvalue weighted by Gasteiger charge is 2.60. The van der Waals surface area contributed by atoms with Gasteiger partial charge in [-0.3, -0.25) is 4.18 Å². The second kappa shape index (κ2) is 11.6. The van der Waals surface area contributed by atoms with Crippen molar-refractivity contribution in [3.63, 3.8) is 0 Å². The smallest absolute Gasteiger partial charge is 0.264 e. The molecule has 6 heteroatoms. The normalized spacial score (nSPS) is 35.3. The van der Waals surface area contributed by atoms with E-state index >= 15 is 0 Å². The molecule has 240 valence electrons. The lowest BCUT2D eigenvalue weighted by molar-refractivity contribution is -0.0137. The second-order valence-corrected chi connectivity index (χ2v) is 23.6. The van der Waals surface area contributed by atoms with Gasteiger partial charge in [0.25, 0.3) is 10.1 Å². The molecule has 0 heterocycles. The van der Waals surface area contributed by atoms with Crippen LogP contribution >= 0.6 is 0 Å². The molecule has 0 aromatic carbocycles. The van der Waals surface area contributed by atoms with E-state index in [4.69, 9.17) is 8.61 Å². The van der Waals surface area contributed by atoms with E-state index in [2.05, 4.69) is 93.6 Å². The predicted molar refractivity (Wildman–Crippen MR) is 179 cm³/mol. The zero-order valence-corrected chi connectivity index (χ0v) is 30.8. The Bertz CT molecular complexity index is 1220. The summed E-state index contributed by atoms with van der Waals surface area (Å²) in [5.74, 6) is 1.91. The Balaban J connectivity index is 1.62. The fourth-order valence-electron chi connectivity index (χ4n) is 9.45. The molecule has 0 bridgehead atoms. The van der Waals surface area contributed by atoms with Crippen LogP contribution in [0.15, 0.2) is 34.9 Å². The minimum absolute atomic E-state index is 0.0164. The fourth-order valence-corrected chi connectivity index (χ4v) is 11.3. The van der Waals surface area contributed by atoms with E-state index in [0.29, 0.717) is 24.4 Å². The van der Waals surface area contributed by atoms with Gasteiger partial charge in [-0.2, -0.15) is 8.42 Å². The summed E-state index contributed by atoms with van der Waals surface area (Å²) in [5.41, 5.74) is 5.01. The standard InChI is InChI=1S/C36H62O4SSi/c1-25(2)14-13-15-26(24-39-41(10,37)38)28-17-18-29-27-16-19-31-34(6,7)32(40-42(11,12)33(3,4)5)21-23-36(31,9)30(27)20-22-35(28,29)8/h14,16,19,26,28-30,32H,13,15,17-18,20-24H2,1-12H3/t26-,28+,29-,30-,32?,35+,36+/m0/s1. The van der Waals surface area contributed by atoms with Crippen molar-refractivity contribution >= 4 is 18.4 Å². The minimum atomic E-state index is -3.46. The van der Waals surface area contributed by atoms with Crippen LogP contribution in [-0.2, 0) is 18.7 Å². The monoisotopic (exact) mass is 618 g/mol. The maximum atomic E-state index is 12.0. The van der Waals surface area contributed by atoms with Crippen LogP contribution < -0.4 is 0 Å². The molecule has 0 radical (unpaired) electrons. The summed E-state index contributed by atoms with van der Waals surface area (Å²) in [5, 5.41) is 0.209. The molecule has 0 saturated heterocycles. The number of allylic oxidation sites excluding steroid dienone is 5. The van der Waals surface area contributed by atoms with E-state index in [-0.39, 0.29) is 33.3 Å². The first-order valence-electron chi connectivity index (χ1n) is 16.7. The van der Waals surface area contributed by atoms with Gasteiger partial charge in [-0.05, 0) is 118 Å². The summed E-state index contributed by atoms with van der Waals surface area (Å²) >= 11 is 0. The zero-order chi connectivity index (χ0) is 31.5. The molecule has 4 aliphatic carbocycles. The van der Waals surface area contributed by atoms with Gasteiger partial charge in [0.15, 0.2) is 8.32 Å². The van der Waals surface area contributed by atoms with Crippen LogP contribution in [0, 0.1) is 39.9 Å². The average Bonchev–Trinajstić information content (AvgIpc) is 3.19. The summed E-state index contributed by atoms with van der Waals surface area (Å²) in [6.07, 6.45) is 17.9. The molecule has 0 amide bonds. The van der Waals surface area contributed by atoms with Gasteiger partial charge in [-0.1, -0.05) is 83.4 Å². The van der Waals surface area contributed by atoms with Crippen molar-refractivity contribution in [3.8, 4) is 0 Å². The molecular formula is C36H62O4SSi. The third kappa shape index (κ3) is 6.35. The summed E-state index contributed by atoms with van der Waals surface area (Å²) in [4.78, 5) is 0. The van der Waals surface area contributed by atoms with Crippen molar-refractivity contribution in [3.05, 3.63) is 34.9 Å². The second-order valence-electron chi connectivity index (χ2n) is 17.2. The van der Waals surface area contributed by atoms with Crippen LogP contribution in [0.25, 0.3) is 0 Å². The summed E-state index contributed by atoms with van der Waals surface area (Å²) in [6.45, 7) is 26.4. The van der Waals surface area contributed by atoms with Crippen LogP contribution in [0.3, 0.4) is 0 Å². The van der Waals surface area contributed by atoms with E-state index in [0.717, 1.165) is 19.3 Å². The first-order chi connectivity index (χ1) is 19.1. The molecule has 4 nitrogen and oxygen atoms in total. The Morgan fingerprint density at radius 2 is 1.69 bits per heavy atom. The largest absolute Gasteiger partial charge is 0.413 e. The van der Waals surface area contributed by atoms with Crippen LogP contribution in [0.1, 0.15) is 114 Å². The van der Waals surface area contributed by atoms with E-state index in [1.54, 1.807) is 11.1 Å². The molecule has 4 rings (SSSR count). The Morgan fingerprint density at radius 1 is 1.02 bits per heavy atom. The van der Waals surface area contributed by atoms with Crippen LogP contribution in [-0.4, -0.2) is 35.7 Å². The van der Waals surface area contributed by atoms with E-state index < -0.39 is 18.4 Å². The van der Waals surface area contributed by atoms with Crippen LogP contribution in [0.4, 0.5) is 0 Å². The molecule has 0 aromatic rings. The highest BCUT2D eigenvalue weighted by Crippen LogP contribution is 2.68. The van der Waals surface area contributed by atoms with Crippen molar-refractivity contribution in [2.75, 3.05) is 12.9 Å². The summed E-state index contributed by atoms with van der Waals surface area (Å²) < 4.78 is 36.6. The Hall–Kier alpha value is -0.693. The molecule has 4 aliphatic rings. The van der Waals surface area contributed by atoms with Gasteiger partial charge in [0.2, 0.25) is 0 Å². The number of rotatable bonds is 9. The molecule has 3 fully saturated rings. The van der Waals surface area contributed by atoms with E-state index in [9.17, 15) is 8.42 Å². The van der Waals surface area contributed by atoms with Crippen LogP contribution in [0.2, 0.25) is 18.1 Å². The molecule has 0 aliphatic heterocycles. The third-order valence-corrected chi connectivity index (χ3v) is 17.9. The zero-order valence-electron chi connectivity index (χ0n) is 29.0. The average molecular weight is 619 g/mol. The predicted octanol–water partition coefficient (Wildman–Crippen LogP) is 9.85. The number of hydrogen-bond acceptors (Lipinski definition) is 4. The Kier molecular flexibility index (Phi) is 9.43. The van der Waals surface area contributed by atoms with Gasteiger partial charge in [-0.25, -0.2) is 0 Å². The van der Waals surface area contributed by atoms with Crippen LogP contribution in [0.5, 0.6) is 0 Å². The fraction of sp³-hybridized carbons (Fsp3) is 0.833. The number of hydrogen-bond donors (Lipinski definition) is 0. The topological polar surface area (TPSA) is 52.6 Å². The summed E-state index contributed by atoms with van der Waals surface area (Å²) in [7, 11) is -5.33. The molecule has 7 atom stereocenters. The van der Waals surface area contributed by atoms with Gasteiger partial charge in [0.1, 0.15) is 0 Å². The Labute approximate surface area is 260 Å². The first-order valence-corrected chi connectivity index (χ1v) is 21.4. The highest BCUT2D eigenvalue weighted by atomic mass is 32.2. The quantitative estimate of drug-likeness (QED) is 0.147. The van der Waals surface area contributed by atoms with Crippen molar-refractivity contribution in [2.24, 2.45) is 39.9 Å². The molecule has 0 N–H and O–H groups in total. The van der Waals surface area contributed by atoms with Crippen molar-refractivity contribution in [1.82, 2.24) is 0 Å². The van der Waals surface area contributed by atoms with Gasteiger partial charge < -0.3 is 4.43 Å². The SMILES string of the molecule is CC(C)=CCC[C@@H](COS(C)(=O)=O)[C@H]1CC[C@H]2C3=CC=C4C(C)(C)C(O[Si](C)(C)C(C)(C)C)CC[C@]4(C)[C@H]3CC[C@]12C. The van der Waals surface area contributed by atoms with Crippen molar-refractivity contribution in [2.45, 2.75) is 138 Å². The van der Waals surface area contributed by atoms with Gasteiger partial charge in [-0.15, -0.1) is 0 Å². The lowest BCUT2D eigenvalue weighted by Gasteiger charge is -2.60. The minimum Gasteiger partial charge on any atom is -0.413 e. The van der Waals surface area contributed by atoms with Crippen molar-refractivity contribution in [1.29, 1.82) is 0 Å². The third-order valence-electron chi connectivity index (χ3n) is 12.8. The molecule has 3 saturated carbocycles. The molecule has 1 unspecified atom stereocenters. The van der Waals surface area contributed by atoms with E-state index in [1.165, 1.54) is 43.9 Å². The molecule has 0 spiro atoms. The maximum Gasteiger partial charge on any atom is 0.264 e. The highest BCUT2D eigenvalue weighted by molar-refractivity contribution is 7.85. The van der Waals surface area contributed by atoms with E-state index in [1.807, 2.05) is 0 Å². The molecule has 42 heavy (non-hydrogen) atoms. The number of fused-ring (bicyclic) bond motifs is 5. The van der Waals surface area contributed by atoms with Gasteiger partial charge >= 0.3 is 0 Å². The lowest BCUT2D eigenvalue weighted by Crippen LogP contribution is -2.55. The Morgan fingerprint density at radius 3 is 2.29 bits per heavy atom. The van der Waals surface area contributed by atoms with Crippen molar-refractivity contribution < 1.29 is 17.0 Å². The maximum absolute atomic E-state index is 12.0. The molecular weight excluding hydrogens is 557 g/mol. The lowest BCUT2D eigenvalue weighted by atomic mass is 9.46.